The third kappa shape index (κ3) is 4.02. The highest BCUT2D eigenvalue weighted by atomic mass is 32.1. The lowest BCUT2D eigenvalue weighted by Gasteiger charge is -2.01. The van der Waals surface area contributed by atoms with E-state index in [2.05, 4.69) is 20.5 Å². The maximum atomic E-state index is 12.6. The molecular formula is C15H12F3N5OS. The highest BCUT2D eigenvalue weighted by molar-refractivity contribution is 7.16. The number of hydrogen-bond donors (Lipinski definition) is 1. The summed E-state index contributed by atoms with van der Waals surface area (Å²) in [4.78, 5) is 16.9. The van der Waals surface area contributed by atoms with Crippen molar-refractivity contribution in [3.63, 3.8) is 0 Å². The maximum absolute atomic E-state index is 12.6. The van der Waals surface area contributed by atoms with E-state index >= 15 is 0 Å². The Balaban J connectivity index is 1.68. The number of halogens is 3. The minimum absolute atomic E-state index is 0.0766. The Morgan fingerprint density at radius 1 is 1.28 bits per heavy atom. The summed E-state index contributed by atoms with van der Waals surface area (Å²) in [5.41, 5.74) is 1.26. The number of nitrogens with one attached hydrogen (secondary N) is 1. The Morgan fingerprint density at radius 3 is 2.64 bits per heavy atom. The van der Waals surface area contributed by atoms with Crippen LogP contribution in [0.25, 0.3) is 5.69 Å². The van der Waals surface area contributed by atoms with Crippen molar-refractivity contribution >= 4 is 22.2 Å². The lowest BCUT2D eigenvalue weighted by atomic mass is 10.3. The fraction of sp³-hybridized carbons (Fsp3) is 0.200. The number of aromatic nitrogens is 4. The number of carbonyl (C=O) groups is 1. The van der Waals surface area contributed by atoms with Gasteiger partial charge in [-0.15, -0.1) is 0 Å². The molecule has 0 unspecified atom stereocenters. The average Bonchev–Trinajstić information content (AvgIpc) is 3.15. The molecule has 0 aliphatic rings. The number of carbonyl (C=O) groups excluding carboxylic acids is 1. The van der Waals surface area contributed by atoms with Crippen LogP contribution in [-0.2, 0) is 17.4 Å². The molecule has 2 aromatic heterocycles. The van der Waals surface area contributed by atoms with Gasteiger partial charge >= 0.3 is 6.18 Å². The zero-order chi connectivity index (χ0) is 18.0. The van der Waals surface area contributed by atoms with Crippen LogP contribution in [0.2, 0.25) is 0 Å². The van der Waals surface area contributed by atoms with Crippen molar-refractivity contribution in [1.82, 2.24) is 20.0 Å². The van der Waals surface area contributed by atoms with Gasteiger partial charge in [0, 0.05) is 0 Å². The molecule has 25 heavy (non-hydrogen) atoms. The summed E-state index contributed by atoms with van der Waals surface area (Å²) in [6.07, 6.45) is -3.20. The molecule has 3 aromatic rings. The third-order valence-corrected chi connectivity index (χ3v) is 4.28. The van der Waals surface area contributed by atoms with Gasteiger partial charge in [0.2, 0.25) is 5.91 Å². The van der Waals surface area contributed by atoms with E-state index in [0.717, 1.165) is 5.69 Å². The first-order chi connectivity index (χ1) is 11.8. The van der Waals surface area contributed by atoms with Crippen LogP contribution in [0.3, 0.4) is 0 Å². The van der Waals surface area contributed by atoms with Gasteiger partial charge in [-0.1, -0.05) is 29.5 Å². The molecule has 2 heterocycles. The SMILES string of the molecule is Cc1nc(C(F)(F)F)sc1NC(=O)Cc1cnn(-c2ccccc2)n1. The fourth-order valence-corrected chi connectivity index (χ4v) is 2.88. The van der Waals surface area contributed by atoms with Crippen LogP contribution in [0.4, 0.5) is 18.2 Å². The molecule has 1 N–H and O–H groups in total. The summed E-state index contributed by atoms with van der Waals surface area (Å²) in [5.74, 6) is -0.486. The normalized spacial score (nSPS) is 11.5. The van der Waals surface area contributed by atoms with Gasteiger partial charge in [-0.2, -0.15) is 28.2 Å². The minimum Gasteiger partial charge on any atom is -0.316 e. The van der Waals surface area contributed by atoms with Crippen LogP contribution in [0.5, 0.6) is 0 Å². The molecule has 0 radical (unpaired) electrons. The molecule has 0 aliphatic heterocycles. The molecule has 0 fully saturated rings. The maximum Gasteiger partial charge on any atom is 0.443 e. The van der Waals surface area contributed by atoms with E-state index in [4.69, 9.17) is 0 Å². The Morgan fingerprint density at radius 2 is 2.00 bits per heavy atom. The Kier molecular flexibility index (Phi) is 4.53. The van der Waals surface area contributed by atoms with Crippen molar-refractivity contribution in [2.75, 3.05) is 5.32 Å². The van der Waals surface area contributed by atoms with E-state index in [1.807, 2.05) is 30.3 Å². The van der Waals surface area contributed by atoms with Crippen molar-refractivity contribution < 1.29 is 18.0 Å². The van der Waals surface area contributed by atoms with Crippen LogP contribution in [0, 0.1) is 6.92 Å². The van der Waals surface area contributed by atoms with E-state index in [9.17, 15) is 18.0 Å². The van der Waals surface area contributed by atoms with Gasteiger partial charge in [0.15, 0.2) is 5.01 Å². The van der Waals surface area contributed by atoms with Gasteiger partial charge in [-0.3, -0.25) is 4.79 Å². The number of amides is 1. The molecule has 0 saturated heterocycles. The first-order valence-electron chi connectivity index (χ1n) is 7.14. The van der Waals surface area contributed by atoms with Crippen molar-refractivity contribution in [2.45, 2.75) is 19.5 Å². The zero-order valence-electron chi connectivity index (χ0n) is 12.9. The second-order valence-electron chi connectivity index (χ2n) is 5.12. The smallest absolute Gasteiger partial charge is 0.316 e. The van der Waals surface area contributed by atoms with Crippen LogP contribution in [0.15, 0.2) is 36.5 Å². The number of alkyl halides is 3. The summed E-state index contributed by atoms with van der Waals surface area (Å²) >= 11 is 0.398. The summed E-state index contributed by atoms with van der Waals surface area (Å²) in [7, 11) is 0. The zero-order valence-corrected chi connectivity index (χ0v) is 13.7. The first-order valence-corrected chi connectivity index (χ1v) is 7.95. The van der Waals surface area contributed by atoms with Gasteiger partial charge in [-0.25, -0.2) is 4.98 Å². The predicted octanol–water partition coefficient (Wildman–Crippen LogP) is 3.23. The van der Waals surface area contributed by atoms with Gasteiger partial charge in [-0.05, 0) is 19.1 Å². The molecule has 0 saturated carbocycles. The predicted molar refractivity (Wildman–Crippen MR) is 85.5 cm³/mol. The topological polar surface area (TPSA) is 72.7 Å². The fourth-order valence-electron chi connectivity index (χ4n) is 2.03. The van der Waals surface area contributed by atoms with E-state index in [-0.39, 0.29) is 17.1 Å². The first kappa shape index (κ1) is 17.1. The average molecular weight is 367 g/mol. The number of para-hydroxylation sites is 1. The second-order valence-corrected chi connectivity index (χ2v) is 6.12. The van der Waals surface area contributed by atoms with E-state index < -0.39 is 17.1 Å². The standard InChI is InChI=1S/C15H12F3N5OS/c1-9-13(25-14(20-9)15(16,17)18)21-12(24)7-10-8-19-23(22-10)11-5-3-2-4-6-11/h2-6,8H,7H2,1H3,(H,21,24). The van der Waals surface area contributed by atoms with E-state index in [0.29, 0.717) is 17.0 Å². The number of benzene rings is 1. The minimum atomic E-state index is -4.53. The molecule has 0 aliphatic carbocycles. The quantitative estimate of drug-likeness (QED) is 0.768. The molecule has 6 nitrogen and oxygen atoms in total. The monoisotopic (exact) mass is 367 g/mol. The van der Waals surface area contributed by atoms with Crippen LogP contribution < -0.4 is 5.32 Å². The summed E-state index contributed by atoms with van der Waals surface area (Å²) in [6.45, 7) is 1.41. The number of nitrogens with zero attached hydrogens (tertiary/aromatic N) is 4. The van der Waals surface area contributed by atoms with E-state index in [1.54, 1.807) is 0 Å². The molecule has 0 bridgehead atoms. The summed E-state index contributed by atoms with van der Waals surface area (Å²) in [5, 5.41) is 9.78. The van der Waals surface area contributed by atoms with Gasteiger partial charge in [0.05, 0.1) is 29.7 Å². The van der Waals surface area contributed by atoms with Gasteiger partial charge in [0.25, 0.3) is 0 Å². The largest absolute Gasteiger partial charge is 0.443 e. The molecule has 0 atom stereocenters. The number of aryl methyl sites for hydroxylation is 1. The summed E-state index contributed by atoms with van der Waals surface area (Å²) in [6, 6.07) is 9.13. The number of rotatable bonds is 4. The van der Waals surface area contributed by atoms with Crippen molar-refractivity contribution in [3.05, 3.63) is 52.9 Å². The molecular weight excluding hydrogens is 355 g/mol. The van der Waals surface area contributed by atoms with Crippen LogP contribution >= 0.6 is 11.3 Å². The van der Waals surface area contributed by atoms with Crippen molar-refractivity contribution in [1.29, 1.82) is 0 Å². The highest BCUT2D eigenvalue weighted by Crippen LogP contribution is 2.36. The number of anilines is 1. The second kappa shape index (κ2) is 6.63. The molecule has 10 heteroatoms. The van der Waals surface area contributed by atoms with Gasteiger partial charge < -0.3 is 5.32 Å². The number of thiazole rings is 1. The number of hydrogen-bond acceptors (Lipinski definition) is 5. The highest BCUT2D eigenvalue weighted by Gasteiger charge is 2.35. The lowest BCUT2D eigenvalue weighted by Crippen LogP contribution is -2.14. The Hall–Kier alpha value is -2.75. The van der Waals surface area contributed by atoms with E-state index in [1.165, 1.54) is 17.9 Å². The molecule has 0 spiro atoms. The Labute approximate surface area is 144 Å². The lowest BCUT2D eigenvalue weighted by molar-refractivity contribution is -0.137. The van der Waals surface area contributed by atoms with Crippen molar-refractivity contribution in [2.24, 2.45) is 0 Å². The third-order valence-electron chi connectivity index (χ3n) is 3.16. The van der Waals surface area contributed by atoms with Crippen LogP contribution in [0.1, 0.15) is 16.4 Å². The summed E-state index contributed by atoms with van der Waals surface area (Å²) < 4.78 is 37.9. The van der Waals surface area contributed by atoms with Gasteiger partial charge in [0.1, 0.15) is 5.00 Å². The molecule has 1 aromatic carbocycles. The Bertz CT molecular complexity index is 888. The molecule has 3 rings (SSSR count). The van der Waals surface area contributed by atoms with Crippen molar-refractivity contribution in [3.8, 4) is 5.69 Å². The van der Waals surface area contributed by atoms with Crippen LogP contribution in [-0.4, -0.2) is 25.9 Å². The molecule has 1 amide bonds. The molecule has 130 valence electrons.